The Balaban J connectivity index is 3.05. The Morgan fingerprint density at radius 3 is 1.88 bits per heavy atom. The lowest BCUT2D eigenvalue weighted by atomic mass is 9.96. The van der Waals surface area contributed by atoms with Gasteiger partial charge in [-0.05, 0) is 19.3 Å². The van der Waals surface area contributed by atoms with Crippen LogP contribution in [0.15, 0.2) is 0 Å². The summed E-state index contributed by atoms with van der Waals surface area (Å²) in [6, 6.07) is 0. The number of carbonyl (C=O) groups excluding carboxylic acids is 1. The van der Waals surface area contributed by atoms with Crippen molar-refractivity contribution in [2.75, 3.05) is 6.54 Å². The molecule has 9 heteroatoms. The fourth-order valence-corrected chi connectivity index (χ4v) is 11.5. The molecule has 1 fully saturated rings. The molecular weight excluding hydrogens is 400 g/mol. The van der Waals surface area contributed by atoms with E-state index in [2.05, 4.69) is 6.92 Å². The normalized spacial score (nSPS) is 25.6. The van der Waals surface area contributed by atoms with Crippen molar-refractivity contribution in [2.45, 2.75) is 81.8 Å². The van der Waals surface area contributed by atoms with Gasteiger partial charge in [-0.25, -0.2) is 12.7 Å². The molecule has 4 nitrogen and oxygen atoms in total. The van der Waals surface area contributed by atoms with Crippen molar-refractivity contribution in [3.05, 3.63) is 0 Å². The Kier molecular flexibility index (Phi) is 8.82. The molecule has 1 saturated heterocycles. The number of carbonyl (C=O) groups is 1. The Labute approximate surface area is 159 Å². The maximum atomic E-state index is 13.2. The summed E-state index contributed by atoms with van der Waals surface area (Å²) in [7, 11) is -3.05. The smallest absolute Gasteiger partial charge is 0.262 e. The summed E-state index contributed by atoms with van der Waals surface area (Å²) in [6.07, 6.45) is 6.97. The molecule has 0 aromatic rings. The monoisotopic (exact) mass is 427 g/mol. The van der Waals surface area contributed by atoms with E-state index in [9.17, 15) is 13.2 Å². The second kappa shape index (κ2) is 9.41. The van der Waals surface area contributed by atoms with Gasteiger partial charge in [0.25, 0.3) is 5.91 Å². The van der Waals surface area contributed by atoms with Crippen LogP contribution in [0.5, 0.6) is 0 Å². The minimum Gasteiger partial charge on any atom is -0.271 e. The van der Waals surface area contributed by atoms with Gasteiger partial charge >= 0.3 is 0 Å². The van der Waals surface area contributed by atoms with E-state index in [1.165, 1.54) is 12.8 Å². The van der Waals surface area contributed by atoms with Gasteiger partial charge in [0.1, 0.15) is 4.75 Å². The third-order valence-corrected chi connectivity index (χ3v) is 13.0. The molecule has 0 atom stereocenters. The predicted octanol–water partition coefficient (Wildman–Crippen LogP) is 4.59. The van der Waals surface area contributed by atoms with Crippen LogP contribution in [0.3, 0.4) is 0 Å². The van der Waals surface area contributed by atoms with E-state index in [0.717, 1.165) is 23.6 Å². The fourth-order valence-electron chi connectivity index (χ4n) is 3.50. The fraction of sp³-hybridized carbons (Fsp3) is 0.933. The number of unbranched alkanes of at least 4 members (excludes halogenated alkanes) is 5. The molecule has 0 N–H and O–H groups in total. The van der Waals surface area contributed by atoms with Gasteiger partial charge in [-0.2, -0.15) is 0 Å². The van der Waals surface area contributed by atoms with Crippen LogP contribution in [-0.4, -0.2) is 34.8 Å². The molecule has 1 rings (SSSR count). The molecule has 0 radical (unpaired) electrons. The minimum absolute atomic E-state index is 0.256. The Morgan fingerprint density at radius 2 is 1.46 bits per heavy atom. The third-order valence-electron chi connectivity index (χ3n) is 5.07. The standard InChI is InChI=1S/C15H27NO3P2S3/c1-4-7-8-9-10-11-12-16-13(17)15(20-22,21-23)14(5-2,6-3)24(16,18)19/h4-12H2,1-3H3. The number of nitrogens with zero attached hydrogens (tertiary/aromatic N) is 1. The summed E-state index contributed by atoms with van der Waals surface area (Å²) in [6.45, 7) is 6.05. The van der Waals surface area contributed by atoms with Crippen LogP contribution in [0.2, 0.25) is 0 Å². The maximum absolute atomic E-state index is 13.2. The molecule has 0 bridgehead atoms. The third kappa shape index (κ3) is 3.49. The largest absolute Gasteiger partial charge is 0.271 e. The summed E-state index contributed by atoms with van der Waals surface area (Å²) < 4.78 is 26.3. The average molecular weight is 428 g/mol. The predicted molar refractivity (Wildman–Crippen MR) is 109 cm³/mol. The Hall–Kier alpha value is 0.460. The van der Waals surface area contributed by atoms with E-state index in [4.69, 9.17) is 23.6 Å². The first kappa shape index (κ1) is 22.5. The van der Waals surface area contributed by atoms with Crippen LogP contribution >= 0.6 is 14.7 Å². The summed E-state index contributed by atoms with van der Waals surface area (Å²) in [5, 5.41) is 0. The Bertz CT molecular complexity index is 569. The lowest BCUT2D eigenvalue weighted by molar-refractivity contribution is -0.126. The first-order chi connectivity index (χ1) is 11.3. The maximum Gasteiger partial charge on any atom is 0.262 e. The molecule has 0 unspecified atom stereocenters. The van der Waals surface area contributed by atoms with Crippen LogP contribution in [0, 0.1) is 0 Å². The lowest BCUT2D eigenvalue weighted by Gasteiger charge is -2.33. The molecule has 0 aromatic carbocycles. The van der Waals surface area contributed by atoms with Gasteiger partial charge in [0.2, 0.25) is 10.0 Å². The van der Waals surface area contributed by atoms with Gasteiger partial charge in [-0.15, -0.1) is 0 Å². The van der Waals surface area contributed by atoms with E-state index < -0.39 is 19.7 Å². The SMILES string of the molecule is CCCCCCCCN1C(=O)C(P=S)(P=S)C(CC)(CC)S1(=O)=O. The lowest BCUT2D eigenvalue weighted by Crippen LogP contribution is -2.48. The minimum atomic E-state index is -3.73. The van der Waals surface area contributed by atoms with Crippen molar-refractivity contribution in [1.29, 1.82) is 0 Å². The van der Waals surface area contributed by atoms with Crippen molar-refractivity contribution in [2.24, 2.45) is 0 Å². The highest BCUT2D eigenvalue weighted by Gasteiger charge is 2.70. The van der Waals surface area contributed by atoms with Crippen LogP contribution in [0.1, 0.15) is 72.1 Å². The number of sulfonamides is 1. The molecule has 1 amide bonds. The van der Waals surface area contributed by atoms with Gasteiger partial charge in [-0.1, -0.05) is 76.5 Å². The molecule has 1 heterocycles. The van der Waals surface area contributed by atoms with Crippen LogP contribution in [-0.2, 0) is 38.4 Å². The zero-order chi connectivity index (χ0) is 18.4. The van der Waals surface area contributed by atoms with E-state index in [1.807, 2.05) is 13.8 Å². The highest BCUT2D eigenvalue weighted by Crippen LogP contribution is 2.58. The first-order valence-corrected chi connectivity index (χ1v) is 13.9. The number of hydrogen-bond donors (Lipinski definition) is 0. The molecule has 24 heavy (non-hydrogen) atoms. The van der Waals surface area contributed by atoms with Crippen molar-refractivity contribution < 1.29 is 13.2 Å². The summed E-state index contributed by atoms with van der Waals surface area (Å²) in [5.74, 6) is -0.381. The number of amides is 1. The first-order valence-electron chi connectivity index (χ1n) is 8.60. The summed E-state index contributed by atoms with van der Waals surface area (Å²) >= 11 is 10.4. The van der Waals surface area contributed by atoms with Gasteiger partial charge in [0, 0.05) is 21.3 Å². The molecule has 0 aliphatic carbocycles. The number of hydrogen-bond acceptors (Lipinski definition) is 5. The van der Waals surface area contributed by atoms with Crippen LogP contribution < -0.4 is 0 Å². The highest BCUT2D eigenvalue weighted by atomic mass is 32.4. The topological polar surface area (TPSA) is 54.5 Å². The van der Waals surface area contributed by atoms with Gasteiger partial charge < -0.3 is 0 Å². The molecule has 0 spiro atoms. The van der Waals surface area contributed by atoms with E-state index in [1.54, 1.807) is 0 Å². The molecular formula is C15H27NO3P2S3. The second-order valence-corrected chi connectivity index (χ2v) is 11.5. The highest BCUT2D eigenvalue weighted by molar-refractivity contribution is 8.08. The van der Waals surface area contributed by atoms with E-state index >= 15 is 0 Å². The zero-order valence-electron chi connectivity index (χ0n) is 14.7. The molecule has 1 aliphatic rings. The van der Waals surface area contributed by atoms with Gasteiger partial charge in [0.05, 0.1) is 0 Å². The number of rotatable bonds is 11. The summed E-state index contributed by atoms with van der Waals surface area (Å²) in [4.78, 5) is 11.8. The molecule has 138 valence electrons. The van der Waals surface area contributed by atoms with Gasteiger partial charge in [0.15, 0.2) is 4.90 Å². The zero-order valence-corrected chi connectivity index (χ0v) is 18.9. The molecule has 1 aliphatic heterocycles. The quantitative estimate of drug-likeness (QED) is 0.357. The molecule has 0 saturated carbocycles. The van der Waals surface area contributed by atoms with Crippen molar-refractivity contribution in [3.8, 4) is 0 Å². The summed E-state index contributed by atoms with van der Waals surface area (Å²) in [5.41, 5.74) is 0. The second-order valence-electron chi connectivity index (χ2n) is 6.21. The van der Waals surface area contributed by atoms with Crippen molar-refractivity contribution >= 4 is 54.3 Å². The molecule has 0 aromatic heterocycles. The van der Waals surface area contributed by atoms with Crippen LogP contribution in [0.25, 0.3) is 0 Å². The van der Waals surface area contributed by atoms with E-state index in [-0.39, 0.29) is 12.5 Å². The average Bonchev–Trinajstić information content (AvgIpc) is 2.71. The van der Waals surface area contributed by atoms with Crippen LogP contribution in [0.4, 0.5) is 0 Å². The van der Waals surface area contributed by atoms with Crippen molar-refractivity contribution in [1.82, 2.24) is 4.31 Å². The van der Waals surface area contributed by atoms with E-state index in [0.29, 0.717) is 34.0 Å². The Morgan fingerprint density at radius 1 is 0.958 bits per heavy atom. The van der Waals surface area contributed by atoms with Crippen molar-refractivity contribution in [3.63, 3.8) is 0 Å². The van der Waals surface area contributed by atoms with Gasteiger partial charge in [-0.3, -0.25) is 4.79 Å².